The molecule has 1 saturated heterocycles. The molecule has 0 aliphatic carbocycles. The van der Waals surface area contributed by atoms with Crippen molar-refractivity contribution in [3.8, 4) is 0 Å². The highest BCUT2D eigenvalue weighted by molar-refractivity contribution is 7.84. The van der Waals surface area contributed by atoms with Crippen LogP contribution in [0.15, 0.2) is 0 Å². The van der Waals surface area contributed by atoms with Crippen LogP contribution < -0.4 is 5.32 Å². The lowest BCUT2D eigenvalue weighted by molar-refractivity contribution is 0.266. The van der Waals surface area contributed by atoms with Crippen LogP contribution in [0.2, 0.25) is 0 Å². The highest BCUT2D eigenvalue weighted by Crippen LogP contribution is 1.97. The Bertz CT molecular complexity index is 168. The molecule has 0 aromatic carbocycles. The molecule has 3 nitrogen and oxygen atoms in total. The Hall–Kier alpha value is 0.0700. The minimum Gasteiger partial charge on any atom is -0.317 e. The number of hydrogen-bond acceptors (Lipinski definition) is 3. The van der Waals surface area contributed by atoms with Crippen molar-refractivity contribution < 1.29 is 4.21 Å². The fourth-order valence-corrected chi connectivity index (χ4v) is 2.44. The molecule has 0 aromatic heterocycles. The average molecular weight is 218 g/mol. The third-order valence-corrected chi connectivity index (χ3v) is 3.89. The molecule has 1 atom stereocenters. The van der Waals surface area contributed by atoms with Crippen LogP contribution in [0.1, 0.15) is 19.8 Å². The molecular formula is C10H22N2OS. The second-order valence-electron chi connectivity index (χ2n) is 3.73. The summed E-state index contributed by atoms with van der Waals surface area (Å²) in [5.41, 5.74) is 0. The maximum absolute atomic E-state index is 11.3. The molecule has 1 rings (SSSR count). The summed E-state index contributed by atoms with van der Waals surface area (Å²) in [5.74, 6) is 1.65. The predicted molar refractivity (Wildman–Crippen MR) is 62.1 cm³/mol. The van der Waals surface area contributed by atoms with Gasteiger partial charge < -0.3 is 10.2 Å². The molecule has 4 heteroatoms. The van der Waals surface area contributed by atoms with E-state index in [9.17, 15) is 4.21 Å². The molecule has 0 aromatic rings. The van der Waals surface area contributed by atoms with Gasteiger partial charge >= 0.3 is 0 Å². The first-order chi connectivity index (χ1) is 6.83. The van der Waals surface area contributed by atoms with Gasteiger partial charge in [0, 0.05) is 28.9 Å². The molecule has 0 amide bonds. The van der Waals surface area contributed by atoms with E-state index in [1.54, 1.807) is 0 Å². The fraction of sp³-hybridized carbons (Fsp3) is 1.00. The lowest BCUT2D eigenvalue weighted by Gasteiger charge is -2.24. The topological polar surface area (TPSA) is 32.3 Å². The summed E-state index contributed by atoms with van der Waals surface area (Å²) < 4.78 is 11.3. The smallest absolute Gasteiger partial charge is 0.0362 e. The SMILES string of the molecule is CCS(=O)CCN1CCCNCCC1. The van der Waals surface area contributed by atoms with E-state index >= 15 is 0 Å². The third-order valence-electron chi connectivity index (χ3n) is 2.61. The standard InChI is InChI=1S/C10H22N2OS/c1-2-14(13)10-9-12-7-3-5-11-6-4-8-12/h11H,2-10H2,1H3. The molecule has 1 aliphatic heterocycles. The molecule has 1 heterocycles. The molecule has 0 spiro atoms. The van der Waals surface area contributed by atoms with E-state index in [-0.39, 0.29) is 0 Å². The molecule has 0 radical (unpaired) electrons. The molecule has 14 heavy (non-hydrogen) atoms. The van der Waals surface area contributed by atoms with E-state index in [1.165, 1.54) is 12.8 Å². The first kappa shape index (κ1) is 12.1. The Labute approximate surface area is 89.7 Å². The van der Waals surface area contributed by atoms with E-state index in [1.807, 2.05) is 6.92 Å². The van der Waals surface area contributed by atoms with Crippen LogP contribution in [-0.2, 0) is 10.8 Å². The summed E-state index contributed by atoms with van der Waals surface area (Å²) in [5, 5.41) is 3.40. The van der Waals surface area contributed by atoms with Gasteiger partial charge in [0.2, 0.25) is 0 Å². The molecule has 0 saturated carbocycles. The van der Waals surface area contributed by atoms with Gasteiger partial charge in [-0.2, -0.15) is 0 Å². The van der Waals surface area contributed by atoms with Crippen LogP contribution in [0.25, 0.3) is 0 Å². The second-order valence-corrected chi connectivity index (χ2v) is 5.60. The Morgan fingerprint density at radius 1 is 1.29 bits per heavy atom. The number of hydrogen-bond donors (Lipinski definition) is 1. The molecule has 1 aliphatic rings. The van der Waals surface area contributed by atoms with Gasteiger partial charge in [-0.15, -0.1) is 0 Å². The summed E-state index contributed by atoms with van der Waals surface area (Å²) in [4.78, 5) is 2.45. The van der Waals surface area contributed by atoms with Gasteiger partial charge in [-0.3, -0.25) is 4.21 Å². The zero-order valence-corrected chi connectivity index (χ0v) is 9.94. The van der Waals surface area contributed by atoms with Crippen molar-refractivity contribution in [2.75, 3.05) is 44.2 Å². The minimum absolute atomic E-state index is 0.596. The quantitative estimate of drug-likeness (QED) is 0.743. The second kappa shape index (κ2) is 7.37. The molecule has 1 fully saturated rings. The zero-order chi connectivity index (χ0) is 10.2. The number of nitrogens with zero attached hydrogens (tertiary/aromatic N) is 1. The van der Waals surface area contributed by atoms with E-state index in [0.29, 0.717) is 0 Å². The third kappa shape index (κ3) is 5.08. The largest absolute Gasteiger partial charge is 0.317 e. The summed E-state index contributed by atoms with van der Waals surface area (Å²) >= 11 is 0. The summed E-state index contributed by atoms with van der Waals surface area (Å²) in [6, 6.07) is 0. The number of nitrogens with one attached hydrogen (secondary N) is 1. The zero-order valence-electron chi connectivity index (χ0n) is 9.13. The van der Waals surface area contributed by atoms with Gasteiger partial charge in [-0.25, -0.2) is 0 Å². The molecule has 84 valence electrons. The van der Waals surface area contributed by atoms with Gasteiger partial charge in [0.1, 0.15) is 0 Å². The van der Waals surface area contributed by atoms with Crippen LogP contribution in [-0.4, -0.2) is 53.3 Å². The van der Waals surface area contributed by atoms with Gasteiger partial charge in [0.05, 0.1) is 0 Å². The van der Waals surface area contributed by atoms with Crippen LogP contribution >= 0.6 is 0 Å². The highest BCUT2D eigenvalue weighted by Gasteiger charge is 2.08. The lowest BCUT2D eigenvalue weighted by Crippen LogP contribution is -2.36. The van der Waals surface area contributed by atoms with Gasteiger partial charge in [-0.05, 0) is 39.0 Å². The van der Waals surface area contributed by atoms with Crippen molar-refractivity contribution in [3.63, 3.8) is 0 Å². The maximum Gasteiger partial charge on any atom is 0.0362 e. The lowest BCUT2D eigenvalue weighted by atomic mass is 10.3. The Morgan fingerprint density at radius 2 is 1.93 bits per heavy atom. The summed E-state index contributed by atoms with van der Waals surface area (Å²) in [7, 11) is -0.596. The normalized spacial score (nSPS) is 22.6. The first-order valence-electron chi connectivity index (χ1n) is 5.61. The molecule has 0 bridgehead atoms. The van der Waals surface area contributed by atoms with E-state index in [4.69, 9.17) is 0 Å². The number of rotatable bonds is 4. The van der Waals surface area contributed by atoms with E-state index < -0.39 is 10.8 Å². The molecule has 1 N–H and O–H groups in total. The van der Waals surface area contributed by atoms with Crippen molar-refractivity contribution in [2.24, 2.45) is 0 Å². The Kier molecular flexibility index (Phi) is 6.39. The van der Waals surface area contributed by atoms with Crippen LogP contribution in [0, 0.1) is 0 Å². The van der Waals surface area contributed by atoms with Crippen molar-refractivity contribution >= 4 is 10.8 Å². The van der Waals surface area contributed by atoms with E-state index in [0.717, 1.165) is 44.2 Å². The van der Waals surface area contributed by atoms with Crippen molar-refractivity contribution in [2.45, 2.75) is 19.8 Å². The fourth-order valence-electron chi connectivity index (χ4n) is 1.69. The average Bonchev–Trinajstić information content (AvgIpc) is 2.15. The summed E-state index contributed by atoms with van der Waals surface area (Å²) in [6.45, 7) is 7.59. The first-order valence-corrected chi connectivity index (χ1v) is 7.09. The predicted octanol–water partition coefficient (Wildman–Crippen LogP) is 0.440. The van der Waals surface area contributed by atoms with Crippen molar-refractivity contribution in [1.82, 2.24) is 10.2 Å². The highest BCUT2D eigenvalue weighted by atomic mass is 32.2. The Morgan fingerprint density at radius 3 is 2.50 bits per heavy atom. The van der Waals surface area contributed by atoms with Gasteiger partial charge in [-0.1, -0.05) is 6.92 Å². The monoisotopic (exact) mass is 218 g/mol. The summed E-state index contributed by atoms with van der Waals surface area (Å²) in [6.07, 6.45) is 2.44. The van der Waals surface area contributed by atoms with Crippen LogP contribution in [0.3, 0.4) is 0 Å². The Balaban J connectivity index is 2.16. The van der Waals surface area contributed by atoms with Gasteiger partial charge in [0.15, 0.2) is 0 Å². The van der Waals surface area contributed by atoms with Crippen molar-refractivity contribution in [3.05, 3.63) is 0 Å². The molecule has 1 unspecified atom stereocenters. The van der Waals surface area contributed by atoms with Gasteiger partial charge in [0.25, 0.3) is 0 Å². The maximum atomic E-state index is 11.3. The minimum atomic E-state index is -0.596. The van der Waals surface area contributed by atoms with Crippen molar-refractivity contribution in [1.29, 1.82) is 0 Å². The van der Waals surface area contributed by atoms with Crippen LogP contribution in [0.4, 0.5) is 0 Å². The van der Waals surface area contributed by atoms with E-state index in [2.05, 4.69) is 10.2 Å². The van der Waals surface area contributed by atoms with Crippen LogP contribution in [0.5, 0.6) is 0 Å². The molecular weight excluding hydrogens is 196 g/mol.